The molecule has 0 aliphatic carbocycles. The van der Waals surface area contributed by atoms with Crippen molar-refractivity contribution in [3.8, 4) is 5.75 Å². The van der Waals surface area contributed by atoms with Gasteiger partial charge in [0.25, 0.3) is 0 Å². The van der Waals surface area contributed by atoms with E-state index in [1.54, 1.807) is 6.07 Å². The Morgan fingerprint density at radius 2 is 2.10 bits per heavy atom. The highest BCUT2D eigenvalue weighted by Gasteiger charge is 2.24. The lowest BCUT2D eigenvalue weighted by Crippen LogP contribution is -2.47. The van der Waals surface area contributed by atoms with Crippen LogP contribution in [0, 0.1) is 6.92 Å². The minimum absolute atomic E-state index is 0.0183. The predicted molar refractivity (Wildman–Crippen MR) is 72.5 cm³/mol. The second-order valence-electron chi connectivity index (χ2n) is 4.54. The maximum absolute atomic E-state index is 11.6. The third-order valence-corrected chi connectivity index (χ3v) is 2.65. The lowest BCUT2D eigenvalue weighted by atomic mass is 10.2. The molecule has 0 saturated heterocycles. The molecule has 6 nitrogen and oxygen atoms in total. The molecule has 1 amide bonds. The number of rotatable bonds is 7. The predicted octanol–water partition coefficient (Wildman–Crippen LogP) is 0.714. The van der Waals surface area contributed by atoms with Crippen LogP contribution in [0.2, 0.25) is 0 Å². The van der Waals surface area contributed by atoms with Gasteiger partial charge < -0.3 is 20.3 Å². The van der Waals surface area contributed by atoms with Gasteiger partial charge in [-0.1, -0.05) is 12.1 Å². The van der Waals surface area contributed by atoms with Gasteiger partial charge in [0.15, 0.2) is 6.04 Å². The summed E-state index contributed by atoms with van der Waals surface area (Å²) in [5.41, 5.74) is 1.05. The molecule has 110 valence electrons. The second kappa shape index (κ2) is 7.49. The monoisotopic (exact) mass is 281 g/mol. The molecule has 3 N–H and O–H groups in total. The molecule has 0 aromatic heterocycles. The first kappa shape index (κ1) is 16.0. The van der Waals surface area contributed by atoms with E-state index in [1.165, 1.54) is 6.92 Å². The number of carbonyl (C=O) groups is 2. The molecule has 0 saturated carbocycles. The first-order valence-corrected chi connectivity index (χ1v) is 6.30. The number of carboxylic acid groups (broad SMARTS) is 1. The van der Waals surface area contributed by atoms with E-state index >= 15 is 0 Å². The fraction of sp³-hybridized carbons (Fsp3) is 0.429. The molecule has 0 bridgehead atoms. The summed E-state index contributed by atoms with van der Waals surface area (Å²) in [6.45, 7) is 3.38. The maximum Gasteiger partial charge on any atom is 0.328 e. The quantitative estimate of drug-likeness (QED) is 0.684. The first-order chi connectivity index (χ1) is 9.40. The van der Waals surface area contributed by atoms with Crippen molar-refractivity contribution in [3.63, 3.8) is 0 Å². The normalized spacial score (nSPS) is 13.3. The summed E-state index contributed by atoms with van der Waals surface area (Å²) in [5, 5.41) is 20.3. The third-order valence-electron chi connectivity index (χ3n) is 2.65. The minimum Gasteiger partial charge on any atom is -0.493 e. The van der Waals surface area contributed by atoms with Gasteiger partial charge in [-0.15, -0.1) is 0 Å². The largest absolute Gasteiger partial charge is 0.493 e. The minimum atomic E-state index is -1.30. The summed E-state index contributed by atoms with van der Waals surface area (Å²) in [7, 11) is 0. The fourth-order valence-electron chi connectivity index (χ4n) is 1.60. The molecule has 1 rings (SSSR count). The van der Waals surface area contributed by atoms with E-state index in [1.807, 2.05) is 25.1 Å². The Hall–Kier alpha value is -2.08. The lowest BCUT2D eigenvalue weighted by Gasteiger charge is -2.17. The van der Waals surface area contributed by atoms with Gasteiger partial charge in [0.1, 0.15) is 5.75 Å². The summed E-state index contributed by atoms with van der Waals surface area (Å²) >= 11 is 0. The molecule has 2 unspecified atom stereocenters. The molecular formula is C14H19NO5. The number of carboxylic acids is 1. The smallest absolute Gasteiger partial charge is 0.328 e. The molecule has 0 spiro atoms. The first-order valence-electron chi connectivity index (χ1n) is 6.30. The van der Waals surface area contributed by atoms with Gasteiger partial charge in [-0.2, -0.15) is 0 Å². The Morgan fingerprint density at radius 3 is 2.65 bits per heavy atom. The number of hydrogen-bond donors (Lipinski definition) is 3. The van der Waals surface area contributed by atoms with E-state index in [0.29, 0.717) is 5.75 Å². The number of ether oxygens (including phenoxy) is 1. The zero-order valence-corrected chi connectivity index (χ0v) is 11.5. The molecule has 2 atom stereocenters. The Bertz CT molecular complexity index is 472. The van der Waals surface area contributed by atoms with E-state index in [-0.39, 0.29) is 13.0 Å². The van der Waals surface area contributed by atoms with Crippen LogP contribution in [0.4, 0.5) is 0 Å². The molecule has 0 aliphatic rings. The highest BCUT2D eigenvalue weighted by Crippen LogP contribution is 2.12. The second-order valence-corrected chi connectivity index (χ2v) is 4.54. The number of nitrogens with one attached hydrogen (secondary N) is 1. The standard InChI is InChI=1S/C14H19NO5/c1-9-4-3-5-11(8-9)20-7-6-12(17)15-13(10(2)16)14(18)19/h3-5,8,10,13,16H,6-7H2,1-2H3,(H,15,17)(H,18,19). The van der Waals surface area contributed by atoms with E-state index in [4.69, 9.17) is 9.84 Å². The van der Waals surface area contributed by atoms with E-state index in [2.05, 4.69) is 5.32 Å². The number of benzene rings is 1. The Labute approximate surface area is 117 Å². The highest BCUT2D eigenvalue weighted by atomic mass is 16.5. The molecular weight excluding hydrogens is 262 g/mol. The summed E-state index contributed by atoms with van der Waals surface area (Å²) < 4.78 is 5.39. The van der Waals surface area contributed by atoms with E-state index in [9.17, 15) is 14.7 Å². The van der Waals surface area contributed by atoms with Crippen molar-refractivity contribution in [1.29, 1.82) is 0 Å². The van der Waals surface area contributed by atoms with Crippen LogP contribution in [0.25, 0.3) is 0 Å². The van der Waals surface area contributed by atoms with Gasteiger partial charge in [-0.25, -0.2) is 4.79 Å². The summed E-state index contributed by atoms with van der Waals surface area (Å²) in [6, 6.07) is 6.09. The van der Waals surface area contributed by atoms with Crippen molar-refractivity contribution >= 4 is 11.9 Å². The van der Waals surface area contributed by atoms with Crippen LogP contribution in [0.15, 0.2) is 24.3 Å². The van der Waals surface area contributed by atoms with Crippen LogP contribution < -0.4 is 10.1 Å². The average molecular weight is 281 g/mol. The van der Waals surface area contributed by atoms with Gasteiger partial charge >= 0.3 is 5.97 Å². The van der Waals surface area contributed by atoms with Crippen molar-refractivity contribution in [2.24, 2.45) is 0 Å². The molecule has 1 aromatic rings. The fourth-order valence-corrected chi connectivity index (χ4v) is 1.60. The number of hydrogen-bond acceptors (Lipinski definition) is 4. The van der Waals surface area contributed by atoms with Crippen LogP contribution in [0.1, 0.15) is 18.9 Å². The lowest BCUT2D eigenvalue weighted by molar-refractivity contribution is -0.144. The van der Waals surface area contributed by atoms with Crippen molar-refractivity contribution in [2.75, 3.05) is 6.61 Å². The van der Waals surface area contributed by atoms with Crippen LogP contribution in [-0.2, 0) is 9.59 Å². The van der Waals surface area contributed by atoms with Crippen LogP contribution in [-0.4, -0.2) is 40.8 Å². The van der Waals surface area contributed by atoms with Gasteiger partial charge in [0.05, 0.1) is 19.1 Å². The van der Waals surface area contributed by atoms with E-state index < -0.39 is 24.0 Å². The molecule has 6 heteroatoms. The molecule has 1 aromatic carbocycles. The summed E-state index contributed by atoms with van der Waals surface area (Å²) in [4.78, 5) is 22.4. The zero-order chi connectivity index (χ0) is 15.1. The molecule has 0 fully saturated rings. The Morgan fingerprint density at radius 1 is 1.40 bits per heavy atom. The Kier molecular flexibility index (Phi) is 5.99. The summed E-state index contributed by atoms with van der Waals surface area (Å²) in [5.74, 6) is -1.10. The number of aliphatic hydroxyl groups excluding tert-OH is 1. The van der Waals surface area contributed by atoms with Gasteiger partial charge in [0.2, 0.25) is 5.91 Å². The average Bonchev–Trinajstić information content (AvgIpc) is 2.35. The Balaban J connectivity index is 2.38. The van der Waals surface area contributed by atoms with Gasteiger partial charge in [-0.3, -0.25) is 4.79 Å². The SMILES string of the molecule is Cc1cccc(OCCC(=O)NC(C(=O)O)C(C)O)c1. The van der Waals surface area contributed by atoms with Crippen LogP contribution >= 0.6 is 0 Å². The van der Waals surface area contributed by atoms with E-state index in [0.717, 1.165) is 5.56 Å². The van der Waals surface area contributed by atoms with Crippen LogP contribution in [0.5, 0.6) is 5.75 Å². The number of aliphatic carboxylic acids is 1. The van der Waals surface area contributed by atoms with Crippen LogP contribution in [0.3, 0.4) is 0 Å². The number of aryl methyl sites for hydroxylation is 1. The van der Waals surface area contributed by atoms with Crippen molar-refractivity contribution in [2.45, 2.75) is 32.4 Å². The summed E-state index contributed by atoms with van der Waals surface area (Å²) in [6.07, 6.45) is -1.14. The molecule has 0 heterocycles. The van der Waals surface area contributed by atoms with Crippen molar-refractivity contribution < 1.29 is 24.5 Å². The molecule has 0 radical (unpaired) electrons. The maximum atomic E-state index is 11.6. The zero-order valence-electron chi connectivity index (χ0n) is 11.5. The number of carbonyl (C=O) groups excluding carboxylic acids is 1. The number of aliphatic hydroxyl groups is 1. The molecule has 20 heavy (non-hydrogen) atoms. The molecule has 0 aliphatic heterocycles. The van der Waals surface area contributed by atoms with Gasteiger partial charge in [0, 0.05) is 0 Å². The van der Waals surface area contributed by atoms with Gasteiger partial charge in [-0.05, 0) is 31.5 Å². The third kappa shape index (κ3) is 5.27. The van der Waals surface area contributed by atoms with Crippen molar-refractivity contribution in [1.82, 2.24) is 5.32 Å². The highest BCUT2D eigenvalue weighted by molar-refractivity contribution is 5.83. The number of amides is 1. The van der Waals surface area contributed by atoms with Crippen molar-refractivity contribution in [3.05, 3.63) is 29.8 Å². The topological polar surface area (TPSA) is 95.9 Å².